The summed E-state index contributed by atoms with van der Waals surface area (Å²) < 4.78 is 27.2. The first kappa shape index (κ1) is 19.9. The van der Waals surface area contributed by atoms with E-state index in [9.17, 15) is 13.2 Å². The molecule has 0 unspecified atom stereocenters. The van der Waals surface area contributed by atoms with Gasteiger partial charge in [0.1, 0.15) is 0 Å². The Bertz CT molecular complexity index is 990. The number of carbonyl (C=O) groups is 1. The molecule has 2 saturated heterocycles. The maximum absolute atomic E-state index is 12.8. The van der Waals surface area contributed by atoms with Gasteiger partial charge < -0.3 is 10.2 Å². The average Bonchev–Trinajstić information content (AvgIpc) is 3.43. The molecule has 2 fully saturated rings. The Balaban J connectivity index is 1.52. The third-order valence-electron chi connectivity index (χ3n) is 5.75. The minimum atomic E-state index is -3.55. The molecule has 2 heterocycles. The van der Waals surface area contributed by atoms with E-state index >= 15 is 0 Å². The van der Waals surface area contributed by atoms with E-state index in [1.165, 1.54) is 23.2 Å². The van der Waals surface area contributed by atoms with Crippen molar-refractivity contribution in [3.8, 4) is 0 Å². The lowest BCUT2D eigenvalue weighted by molar-refractivity contribution is 0.102. The van der Waals surface area contributed by atoms with Gasteiger partial charge in [0.15, 0.2) is 0 Å². The molecule has 2 aromatic carbocycles. The summed E-state index contributed by atoms with van der Waals surface area (Å²) in [7, 11) is -3.55. The number of nitrogens with zero attached hydrogens (tertiary/aromatic N) is 2. The van der Waals surface area contributed by atoms with Gasteiger partial charge in [-0.05, 0) is 74.6 Å². The van der Waals surface area contributed by atoms with Crippen LogP contribution in [0, 0.1) is 6.92 Å². The summed E-state index contributed by atoms with van der Waals surface area (Å²) in [6.07, 6.45) is 4.20. The third kappa shape index (κ3) is 4.16. The number of benzene rings is 2. The van der Waals surface area contributed by atoms with Gasteiger partial charge in [-0.25, -0.2) is 8.42 Å². The van der Waals surface area contributed by atoms with Crippen molar-refractivity contribution in [2.45, 2.75) is 37.5 Å². The van der Waals surface area contributed by atoms with E-state index in [1.807, 2.05) is 31.2 Å². The third-order valence-corrected chi connectivity index (χ3v) is 7.65. The number of carbonyl (C=O) groups excluding carboxylic acids is 1. The molecule has 6 nitrogen and oxygen atoms in total. The van der Waals surface area contributed by atoms with Crippen LogP contribution in [0.3, 0.4) is 0 Å². The van der Waals surface area contributed by atoms with Crippen LogP contribution < -0.4 is 10.2 Å². The zero-order valence-electron chi connectivity index (χ0n) is 16.7. The van der Waals surface area contributed by atoms with Crippen LogP contribution in [-0.2, 0) is 10.0 Å². The van der Waals surface area contributed by atoms with Gasteiger partial charge in [0.25, 0.3) is 5.91 Å². The molecule has 7 heteroatoms. The normalized spacial score (nSPS) is 17.6. The van der Waals surface area contributed by atoms with Crippen LogP contribution in [-0.4, -0.2) is 44.8 Å². The molecule has 0 aromatic heterocycles. The van der Waals surface area contributed by atoms with E-state index in [2.05, 4.69) is 10.2 Å². The van der Waals surface area contributed by atoms with E-state index in [0.29, 0.717) is 24.3 Å². The SMILES string of the molecule is Cc1ccc(S(=O)(=O)N2CCCC2)cc1C(=O)Nc1ccc(N2CCCC2)cc1. The van der Waals surface area contributed by atoms with Crippen LogP contribution in [0.25, 0.3) is 0 Å². The van der Waals surface area contributed by atoms with Crippen molar-refractivity contribution in [2.75, 3.05) is 36.4 Å². The van der Waals surface area contributed by atoms with Crippen LogP contribution in [0.15, 0.2) is 47.4 Å². The van der Waals surface area contributed by atoms with Gasteiger partial charge in [0.2, 0.25) is 10.0 Å². The predicted molar refractivity (Wildman–Crippen MR) is 115 cm³/mol. The highest BCUT2D eigenvalue weighted by molar-refractivity contribution is 7.89. The largest absolute Gasteiger partial charge is 0.372 e. The van der Waals surface area contributed by atoms with E-state index in [-0.39, 0.29) is 10.8 Å². The summed E-state index contributed by atoms with van der Waals surface area (Å²) in [5, 5.41) is 2.90. The molecule has 2 aliphatic heterocycles. The standard InChI is InChI=1S/C22H27N3O3S/c1-17-6-11-20(29(27,28)25-14-4-5-15-25)16-21(17)22(26)23-18-7-9-19(10-8-18)24-12-2-3-13-24/h6-11,16H,2-5,12-15H2,1H3,(H,23,26). The Morgan fingerprint density at radius 3 is 2.17 bits per heavy atom. The number of aryl methyl sites for hydroxylation is 1. The maximum atomic E-state index is 12.8. The summed E-state index contributed by atoms with van der Waals surface area (Å²) in [5.74, 6) is -0.296. The fourth-order valence-corrected chi connectivity index (χ4v) is 5.56. The minimum absolute atomic E-state index is 0.180. The Morgan fingerprint density at radius 1 is 0.897 bits per heavy atom. The zero-order valence-corrected chi connectivity index (χ0v) is 17.5. The fourth-order valence-electron chi connectivity index (χ4n) is 4.01. The lowest BCUT2D eigenvalue weighted by atomic mass is 10.1. The Hall–Kier alpha value is -2.38. The Labute approximate surface area is 172 Å². The summed E-state index contributed by atoms with van der Waals surface area (Å²) in [4.78, 5) is 15.4. The molecule has 2 aliphatic rings. The van der Waals surface area contributed by atoms with Gasteiger partial charge in [-0.1, -0.05) is 6.07 Å². The summed E-state index contributed by atoms with van der Waals surface area (Å²) >= 11 is 0. The average molecular weight is 414 g/mol. The van der Waals surface area contributed by atoms with Gasteiger partial charge in [0.05, 0.1) is 4.90 Å². The first-order chi connectivity index (χ1) is 13.9. The Kier molecular flexibility index (Phi) is 5.61. The monoisotopic (exact) mass is 413 g/mol. The van der Waals surface area contributed by atoms with Gasteiger partial charge >= 0.3 is 0 Å². The molecule has 2 aromatic rings. The highest BCUT2D eigenvalue weighted by Crippen LogP contribution is 2.25. The molecule has 29 heavy (non-hydrogen) atoms. The van der Waals surface area contributed by atoms with Crippen LogP contribution >= 0.6 is 0 Å². The first-order valence-electron chi connectivity index (χ1n) is 10.2. The van der Waals surface area contributed by atoms with E-state index < -0.39 is 10.0 Å². The second-order valence-corrected chi connectivity index (χ2v) is 9.72. The molecule has 1 amide bonds. The second-order valence-electron chi connectivity index (χ2n) is 7.78. The quantitative estimate of drug-likeness (QED) is 0.813. The molecule has 0 radical (unpaired) electrons. The lowest BCUT2D eigenvalue weighted by Crippen LogP contribution is -2.28. The van der Waals surface area contributed by atoms with E-state index in [1.54, 1.807) is 12.1 Å². The van der Waals surface area contributed by atoms with Crippen molar-refractivity contribution in [2.24, 2.45) is 0 Å². The number of nitrogens with one attached hydrogen (secondary N) is 1. The van der Waals surface area contributed by atoms with Crippen LogP contribution in [0.1, 0.15) is 41.6 Å². The smallest absolute Gasteiger partial charge is 0.255 e. The van der Waals surface area contributed by atoms with Gasteiger partial charge in [-0.2, -0.15) is 4.31 Å². The number of hydrogen-bond acceptors (Lipinski definition) is 4. The van der Waals surface area contributed by atoms with Gasteiger partial charge in [-0.15, -0.1) is 0 Å². The van der Waals surface area contributed by atoms with E-state index in [4.69, 9.17) is 0 Å². The van der Waals surface area contributed by atoms with Crippen molar-refractivity contribution >= 4 is 27.3 Å². The Morgan fingerprint density at radius 2 is 1.52 bits per heavy atom. The van der Waals surface area contributed by atoms with Gasteiger partial charge in [0, 0.05) is 43.1 Å². The predicted octanol–water partition coefficient (Wildman–Crippen LogP) is 3.63. The summed E-state index contributed by atoms with van der Waals surface area (Å²) in [6.45, 7) is 5.05. The van der Waals surface area contributed by atoms with Crippen molar-refractivity contribution in [1.82, 2.24) is 4.31 Å². The highest BCUT2D eigenvalue weighted by atomic mass is 32.2. The number of hydrogen-bond donors (Lipinski definition) is 1. The molecule has 1 N–H and O–H groups in total. The summed E-state index contributed by atoms with van der Waals surface area (Å²) in [6, 6.07) is 12.6. The molecule has 0 saturated carbocycles. The molecular formula is C22H27N3O3S. The fraction of sp³-hybridized carbons (Fsp3) is 0.409. The second kappa shape index (κ2) is 8.16. The molecule has 0 spiro atoms. The van der Waals surface area contributed by atoms with Crippen molar-refractivity contribution in [3.63, 3.8) is 0 Å². The topological polar surface area (TPSA) is 69.7 Å². The molecule has 4 rings (SSSR count). The summed E-state index contributed by atoms with van der Waals surface area (Å²) in [5.41, 5.74) is 2.99. The molecule has 0 atom stereocenters. The lowest BCUT2D eigenvalue weighted by Gasteiger charge is -2.18. The molecule has 0 aliphatic carbocycles. The van der Waals surface area contributed by atoms with Gasteiger partial charge in [-0.3, -0.25) is 4.79 Å². The molecule has 154 valence electrons. The van der Waals surface area contributed by atoms with Crippen LogP contribution in [0.4, 0.5) is 11.4 Å². The number of amides is 1. The maximum Gasteiger partial charge on any atom is 0.255 e. The highest BCUT2D eigenvalue weighted by Gasteiger charge is 2.28. The minimum Gasteiger partial charge on any atom is -0.372 e. The number of anilines is 2. The van der Waals surface area contributed by atoms with Crippen LogP contribution in [0.5, 0.6) is 0 Å². The number of rotatable bonds is 5. The first-order valence-corrected chi connectivity index (χ1v) is 11.7. The number of sulfonamides is 1. The van der Waals surface area contributed by atoms with Crippen LogP contribution in [0.2, 0.25) is 0 Å². The van der Waals surface area contributed by atoms with Crippen molar-refractivity contribution < 1.29 is 13.2 Å². The van der Waals surface area contributed by atoms with Crippen molar-refractivity contribution in [1.29, 1.82) is 0 Å². The zero-order chi connectivity index (χ0) is 20.4. The molecular weight excluding hydrogens is 386 g/mol. The molecule has 0 bridgehead atoms. The van der Waals surface area contributed by atoms with E-state index in [0.717, 1.165) is 37.2 Å². The van der Waals surface area contributed by atoms with Crippen molar-refractivity contribution in [3.05, 3.63) is 53.6 Å².